The maximum Gasteiger partial charge on any atom is 0.0839 e. The van der Waals surface area contributed by atoms with Gasteiger partial charge in [0.25, 0.3) is 0 Å². The van der Waals surface area contributed by atoms with Crippen molar-refractivity contribution in [3.63, 3.8) is 0 Å². The molecule has 1 aromatic rings. The van der Waals surface area contributed by atoms with E-state index in [1.165, 1.54) is 5.56 Å². The van der Waals surface area contributed by atoms with Crippen LogP contribution in [0.25, 0.3) is 0 Å². The molecule has 1 aliphatic carbocycles. The zero-order valence-corrected chi connectivity index (χ0v) is 12.3. The third-order valence-electron chi connectivity index (χ3n) is 4.05. The number of rotatable bonds is 2. The Kier molecular flexibility index (Phi) is 3.47. The second-order valence-electron chi connectivity index (χ2n) is 5.21. The van der Waals surface area contributed by atoms with Crippen LogP contribution in [0.5, 0.6) is 0 Å². The van der Waals surface area contributed by atoms with Gasteiger partial charge in [-0.3, -0.25) is 0 Å². The minimum atomic E-state index is -0.176. The standard InChI is InChI=1S/C15H17IO2/c16-12-7-4-8-15(10-17)9-13(18-14(12)15)11-5-2-1-3-6-11/h1-6,8,12-14,17H,7,9-10H2/t12-,13-,14+,15+/m1/s1. The molecule has 0 radical (unpaired) electrons. The van der Waals surface area contributed by atoms with Crippen LogP contribution in [0.1, 0.15) is 24.5 Å². The van der Waals surface area contributed by atoms with Crippen LogP contribution in [-0.2, 0) is 4.74 Å². The quantitative estimate of drug-likeness (QED) is 0.501. The van der Waals surface area contributed by atoms with Crippen molar-refractivity contribution >= 4 is 22.6 Å². The molecule has 0 amide bonds. The Bertz CT molecular complexity index is 445. The van der Waals surface area contributed by atoms with Gasteiger partial charge in [-0.15, -0.1) is 0 Å². The molecule has 2 aliphatic rings. The number of hydrogen-bond acceptors (Lipinski definition) is 2. The second kappa shape index (κ2) is 4.94. The Labute approximate surface area is 121 Å². The number of aliphatic hydroxyl groups is 1. The lowest BCUT2D eigenvalue weighted by Gasteiger charge is -2.35. The smallest absolute Gasteiger partial charge is 0.0839 e. The molecule has 4 atom stereocenters. The Hall–Kier alpha value is -0.390. The number of aliphatic hydroxyl groups excluding tert-OH is 1. The van der Waals surface area contributed by atoms with Gasteiger partial charge in [0.2, 0.25) is 0 Å². The third kappa shape index (κ3) is 2.02. The first kappa shape index (κ1) is 12.6. The molecule has 1 heterocycles. The van der Waals surface area contributed by atoms with Gasteiger partial charge in [-0.2, -0.15) is 0 Å². The van der Waals surface area contributed by atoms with Crippen molar-refractivity contribution in [1.82, 2.24) is 0 Å². The molecule has 1 fully saturated rings. The number of allylic oxidation sites excluding steroid dienone is 1. The van der Waals surface area contributed by atoms with Crippen LogP contribution >= 0.6 is 22.6 Å². The maximum atomic E-state index is 9.80. The molecule has 96 valence electrons. The van der Waals surface area contributed by atoms with Gasteiger partial charge in [-0.05, 0) is 18.4 Å². The molecular formula is C15H17IO2. The van der Waals surface area contributed by atoms with Gasteiger partial charge < -0.3 is 9.84 Å². The minimum Gasteiger partial charge on any atom is -0.395 e. The van der Waals surface area contributed by atoms with E-state index >= 15 is 0 Å². The van der Waals surface area contributed by atoms with Crippen molar-refractivity contribution in [3.8, 4) is 0 Å². The molecule has 18 heavy (non-hydrogen) atoms. The predicted octanol–water partition coefficient (Wildman–Crippen LogP) is 3.26. The highest BCUT2D eigenvalue weighted by molar-refractivity contribution is 14.1. The van der Waals surface area contributed by atoms with Crippen molar-refractivity contribution in [3.05, 3.63) is 48.0 Å². The Morgan fingerprint density at radius 1 is 1.33 bits per heavy atom. The molecule has 3 rings (SSSR count). The first-order valence-corrected chi connectivity index (χ1v) is 7.63. The van der Waals surface area contributed by atoms with Crippen LogP contribution in [0.15, 0.2) is 42.5 Å². The summed E-state index contributed by atoms with van der Waals surface area (Å²) in [6, 6.07) is 10.3. The summed E-state index contributed by atoms with van der Waals surface area (Å²) in [5.74, 6) is 0. The fourth-order valence-corrected chi connectivity index (χ4v) is 4.24. The summed E-state index contributed by atoms with van der Waals surface area (Å²) in [4.78, 5) is 0. The van der Waals surface area contributed by atoms with Crippen molar-refractivity contribution in [2.75, 3.05) is 6.61 Å². The molecule has 1 aromatic carbocycles. The molecule has 3 heteroatoms. The Morgan fingerprint density at radius 2 is 2.11 bits per heavy atom. The second-order valence-corrected chi connectivity index (χ2v) is 6.81. The first-order valence-electron chi connectivity index (χ1n) is 6.38. The third-order valence-corrected chi connectivity index (χ3v) is 5.21. The van der Waals surface area contributed by atoms with Gasteiger partial charge in [-0.25, -0.2) is 0 Å². The van der Waals surface area contributed by atoms with E-state index in [1.807, 2.05) is 18.2 Å². The number of ether oxygens (including phenoxy) is 1. The van der Waals surface area contributed by atoms with Crippen LogP contribution in [0, 0.1) is 5.41 Å². The molecular weight excluding hydrogens is 339 g/mol. The van der Waals surface area contributed by atoms with Crippen LogP contribution < -0.4 is 0 Å². The monoisotopic (exact) mass is 356 g/mol. The lowest BCUT2D eigenvalue weighted by molar-refractivity contribution is 0.00665. The normalized spacial score (nSPS) is 38.7. The van der Waals surface area contributed by atoms with Crippen LogP contribution in [0.2, 0.25) is 0 Å². The summed E-state index contributed by atoms with van der Waals surface area (Å²) in [6.07, 6.45) is 6.54. The predicted molar refractivity (Wildman–Crippen MR) is 79.8 cm³/mol. The average molecular weight is 356 g/mol. The lowest BCUT2D eigenvalue weighted by Crippen LogP contribution is -2.40. The fraction of sp³-hybridized carbons (Fsp3) is 0.467. The van der Waals surface area contributed by atoms with Crippen LogP contribution in [0.4, 0.5) is 0 Å². The van der Waals surface area contributed by atoms with E-state index < -0.39 is 0 Å². The highest BCUT2D eigenvalue weighted by atomic mass is 127. The van der Waals surface area contributed by atoms with Crippen molar-refractivity contribution in [2.24, 2.45) is 5.41 Å². The number of halogens is 1. The van der Waals surface area contributed by atoms with Gasteiger partial charge in [0.05, 0.1) is 18.8 Å². The minimum absolute atomic E-state index is 0.114. The highest BCUT2D eigenvalue weighted by Gasteiger charge is 2.50. The van der Waals surface area contributed by atoms with Crippen molar-refractivity contribution < 1.29 is 9.84 Å². The average Bonchev–Trinajstić information content (AvgIpc) is 2.82. The van der Waals surface area contributed by atoms with Crippen LogP contribution in [0.3, 0.4) is 0 Å². The molecule has 0 unspecified atom stereocenters. The van der Waals surface area contributed by atoms with E-state index in [2.05, 4.69) is 46.9 Å². The van der Waals surface area contributed by atoms with Gasteiger partial charge in [0, 0.05) is 9.34 Å². The highest BCUT2D eigenvalue weighted by Crippen LogP contribution is 2.51. The van der Waals surface area contributed by atoms with Gasteiger partial charge in [-0.1, -0.05) is 65.1 Å². The van der Waals surface area contributed by atoms with Crippen molar-refractivity contribution in [1.29, 1.82) is 0 Å². The molecule has 0 bridgehead atoms. The molecule has 1 aliphatic heterocycles. The molecule has 1 N–H and O–H groups in total. The largest absolute Gasteiger partial charge is 0.395 e. The number of benzene rings is 1. The van der Waals surface area contributed by atoms with Crippen LogP contribution in [-0.4, -0.2) is 21.7 Å². The summed E-state index contributed by atoms with van der Waals surface area (Å²) < 4.78 is 6.69. The maximum absolute atomic E-state index is 9.80. The van der Waals surface area contributed by atoms with E-state index in [1.54, 1.807) is 0 Å². The summed E-state index contributed by atoms with van der Waals surface area (Å²) in [5.41, 5.74) is 1.04. The number of alkyl halides is 1. The van der Waals surface area contributed by atoms with Gasteiger partial charge in [0.1, 0.15) is 0 Å². The summed E-state index contributed by atoms with van der Waals surface area (Å²) in [7, 11) is 0. The number of fused-ring (bicyclic) bond motifs is 1. The van der Waals surface area contributed by atoms with E-state index in [-0.39, 0.29) is 24.2 Å². The van der Waals surface area contributed by atoms with E-state index in [4.69, 9.17) is 4.74 Å². The zero-order valence-electron chi connectivity index (χ0n) is 10.1. The Balaban J connectivity index is 1.90. The molecule has 0 spiro atoms. The molecule has 1 saturated heterocycles. The van der Waals surface area contributed by atoms with Gasteiger partial charge in [0.15, 0.2) is 0 Å². The van der Waals surface area contributed by atoms with E-state index in [0.29, 0.717) is 3.92 Å². The summed E-state index contributed by atoms with van der Waals surface area (Å²) >= 11 is 2.45. The van der Waals surface area contributed by atoms with Gasteiger partial charge >= 0.3 is 0 Å². The summed E-state index contributed by atoms with van der Waals surface area (Å²) in [6.45, 7) is 0.178. The van der Waals surface area contributed by atoms with E-state index in [9.17, 15) is 5.11 Å². The fourth-order valence-electron chi connectivity index (χ4n) is 3.06. The topological polar surface area (TPSA) is 29.5 Å². The lowest BCUT2D eigenvalue weighted by atomic mass is 9.75. The molecule has 0 aromatic heterocycles. The molecule has 2 nitrogen and oxygen atoms in total. The Morgan fingerprint density at radius 3 is 2.78 bits per heavy atom. The van der Waals surface area contributed by atoms with Crippen molar-refractivity contribution in [2.45, 2.75) is 29.0 Å². The SMILES string of the molecule is OC[C@@]12C=CC[C@@H](I)[C@@H]1O[C@@H](c1ccccc1)C2. The summed E-state index contributed by atoms with van der Waals surface area (Å²) in [5, 5.41) is 9.80. The first-order chi connectivity index (χ1) is 8.75. The van der Waals surface area contributed by atoms with E-state index in [0.717, 1.165) is 12.8 Å². The number of hydrogen-bond donors (Lipinski definition) is 1. The zero-order chi connectivity index (χ0) is 12.6. The molecule has 0 saturated carbocycles.